The monoisotopic (exact) mass is 407 g/mol. The Labute approximate surface area is 169 Å². The molecule has 0 spiro atoms. The molecule has 1 aromatic carbocycles. The summed E-state index contributed by atoms with van der Waals surface area (Å²) in [5.41, 5.74) is 0.844. The number of hydrogen-bond acceptors (Lipinski definition) is 5. The van der Waals surface area contributed by atoms with Crippen molar-refractivity contribution in [2.75, 3.05) is 31.1 Å². The molecule has 0 saturated carbocycles. The highest BCUT2D eigenvalue weighted by atomic mass is 35.5. The molecule has 1 amide bonds. The van der Waals surface area contributed by atoms with Crippen molar-refractivity contribution in [3.63, 3.8) is 0 Å². The fourth-order valence-electron chi connectivity index (χ4n) is 3.31. The van der Waals surface area contributed by atoms with Crippen molar-refractivity contribution >= 4 is 35.2 Å². The molecule has 1 atom stereocenters. The molecule has 6 nitrogen and oxygen atoms in total. The van der Waals surface area contributed by atoms with Crippen molar-refractivity contribution in [2.45, 2.75) is 44.0 Å². The molecule has 3 rings (SSSR count). The van der Waals surface area contributed by atoms with Gasteiger partial charge in [-0.25, -0.2) is 0 Å². The van der Waals surface area contributed by atoms with Gasteiger partial charge in [-0.3, -0.25) is 9.36 Å². The number of benzene rings is 1. The maximum Gasteiger partial charge on any atom is 0.235 e. The van der Waals surface area contributed by atoms with Gasteiger partial charge in [0.05, 0.1) is 16.0 Å². The van der Waals surface area contributed by atoms with Crippen LogP contribution in [0.1, 0.15) is 33.6 Å². The molecule has 8 heteroatoms. The number of amides is 1. The topological polar surface area (TPSA) is 54.3 Å². The third kappa shape index (κ3) is 4.24. The van der Waals surface area contributed by atoms with Gasteiger partial charge in [0.25, 0.3) is 0 Å². The Balaban J connectivity index is 1.96. The normalized spacial score (nSPS) is 15.2. The van der Waals surface area contributed by atoms with Gasteiger partial charge in [0.15, 0.2) is 5.16 Å². The summed E-state index contributed by atoms with van der Waals surface area (Å²) in [6.07, 6.45) is 2.30. The second-order valence-electron chi connectivity index (χ2n) is 6.53. The predicted octanol–water partition coefficient (Wildman–Crippen LogP) is 3.87. The number of halogens is 1. The Morgan fingerprint density at radius 1 is 1.22 bits per heavy atom. The molecule has 146 valence electrons. The van der Waals surface area contributed by atoms with E-state index in [9.17, 15) is 4.79 Å². The number of thioether (sulfide) groups is 1. The van der Waals surface area contributed by atoms with E-state index in [0.29, 0.717) is 23.3 Å². The predicted molar refractivity (Wildman–Crippen MR) is 111 cm³/mol. The van der Waals surface area contributed by atoms with Gasteiger partial charge >= 0.3 is 0 Å². The molecule has 1 aliphatic rings. The van der Waals surface area contributed by atoms with Gasteiger partial charge in [-0.15, -0.1) is 10.2 Å². The molecule has 1 fully saturated rings. The molecule has 2 aromatic rings. The zero-order valence-corrected chi connectivity index (χ0v) is 17.6. The summed E-state index contributed by atoms with van der Waals surface area (Å²) in [5.74, 6) is 0.909. The van der Waals surface area contributed by atoms with Crippen LogP contribution in [-0.2, 0) is 4.79 Å². The summed E-state index contributed by atoms with van der Waals surface area (Å²) in [6, 6.07) is 7.69. The van der Waals surface area contributed by atoms with Crippen LogP contribution in [0, 0.1) is 0 Å². The fourth-order valence-corrected chi connectivity index (χ4v) is 4.47. The number of nitrogens with zero attached hydrogens (tertiary/aromatic N) is 5. The number of carbonyl (C=O) groups excluding carboxylic acids is 1. The van der Waals surface area contributed by atoms with Gasteiger partial charge in [-0.2, -0.15) is 0 Å². The second kappa shape index (κ2) is 8.97. The minimum Gasteiger partial charge on any atom is -0.342 e. The average molecular weight is 408 g/mol. The van der Waals surface area contributed by atoms with Crippen LogP contribution in [0.5, 0.6) is 0 Å². The summed E-state index contributed by atoms with van der Waals surface area (Å²) in [4.78, 5) is 16.8. The standard InChI is InChI=1S/C19H26ClN5OS/c1-4-23(5-2)17(26)14(3)27-19-22-21-18(24-12-8-9-13-24)25(19)16-11-7-6-10-15(16)20/h6-7,10-11,14H,4-5,8-9,12-13H2,1-3H3. The minimum absolute atomic E-state index is 0.112. The molecule has 27 heavy (non-hydrogen) atoms. The first-order valence-electron chi connectivity index (χ1n) is 9.47. The lowest BCUT2D eigenvalue weighted by Crippen LogP contribution is -2.36. The zero-order valence-electron chi connectivity index (χ0n) is 16.1. The lowest BCUT2D eigenvalue weighted by Gasteiger charge is -2.23. The van der Waals surface area contributed by atoms with Crippen LogP contribution in [0.2, 0.25) is 5.02 Å². The largest absolute Gasteiger partial charge is 0.342 e. The average Bonchev–Trinajstić information content (AvgIpc) is 3.33. The van der Waals surface area contributed by atoms with Gasteiger partial charge in [0.1, 0.15) is 0 Å². The Hall–Kier alpha value is -1.73. The van der Waals surface area contributed by atoms with Crippen molar-refractivity contribution < 1.29 is 4.79 Å². The first-order valence-corrected chi connectivity index (χ1v) is 10.7. The van der Waals surface area contributed by atoms with E-state index in [1.165, 1.54) is 11.8 Å². The van der Waals surface area contributed by atoms with Crippen LogP contribution < -0.4 is 4.90 Å². The van der Waals surface area contributed by atoms with E-state index in [1.807, 2.05) is 54.5 Å². The zero-order chi connectivity index (χ0) is 19.4. The highest BCUT2D eigenvalue weighted by molar-refractivity contribution is 8.00. The first kappa shape index (κ1) is 20.0. The van der Waals surface area contributed by atoms with Gasteiger partial charge < -0.3 is 9.80 Å². The number of anilines is 1. The van der Waals surface area contributed by atoms with Gasteiger partial charge in [0.2, 0.25) is 11.9 Å². The molecule has 1 aromatic heterocycles. The first-order chi connectivity index (χ1) is 13.1. The SMILES string of the molecule is CCN(CC)C(=O)C(C)Sc1nnc(N2CCCC2)n1-c1ccccc1Cl. The Bertz CT molecular complexity index is 786. The minimum atomic E-state index is -0.248. The number of hydrogen-bond donors (Lipinski definition) is 0. The van der Waals surface area contributed by atoms with Crippen LogP contribution in [0.15, 0.2) is 29.4 Å². The van der Waals surface area contributed by atoms with E-state index in [0.717, 1.165) is 37.6 Å². The number of carbonyl (C=O) groups is 1. The fraction of sp³-hybridized carbons (Fsp3) is 0.526. The third-order valence-electron chi connectivity index (χ3n) is 4.80. The van der Waals surface area contributed by atoms with E-state index < -0.39 is 0 Å². The van der Waals surface area contributed by atoms with E-state index in [2.05, 4.69) is 15.1 Å². The van der Waals surface area contributed by atoms with E-state index in [-0.39, 0.29) is 11.2 Å². The molecule has 2 heterocycles. The smallest absolute Gasteiger partial charge is 0.235 e. The molecule has 1 saturated heterocycles. The van der Waals surface area contributed by atoms with E-state index >= 15 is 0 Å². The molecule has 1 unspecified atom stereocenters. The highest BCUT2D eigenvalue weighted by Crippen LogP contribution is 2.33. The van der Waals surface area contributed by atoms with Gasteiger partial charge in [-0.05, 0) is 45.7 Å². The molecule has 0 bridgehead atoms. The number of rotatable bonds is 7. The van der Waals surface area contributed by atoms with Crippen LogP contribution in [0.3, 0.4) is 0 Å². The van der Waals surface area contributed by atoms with E-state index in [1.54, 1.807) is 0 Å². The molecule has 0 aliphatic carbocycles. The number of aromatic nitrogens is 3. The molecular weight excluding hydrogens is 382 g/mol. The lowest BCUT2D eigenvalue weighted by molar-refractivity contribution is -0.129. The third-order valence-corrected chi connectivity index (χ3v) is 6.15. The Morgan fingerprint density at radius 2 is 1.89 bits per heavy atom. The number of para-hydroxylation sites is 1. The quantitative estimate of drug-likeness (QED) is 0.652. The van der Waals surface area contributed by atoms with Crippen LogP contribution in [-0.4, -0.2) is 57.0 Å². The van der Waals surface area contributed by atoms with Gasteiger partial charge in [-0.1, -0.05) is 35.5 Å². The lowest BCUT2D eigenvalue weighted by atomic mass is 10.3. The Kier molecular flexibility index (Phi) is 6.65. The summed E-state index contributed by atoms with van der Waals surface area (Å²) in [6.45, 7) is 9.24. The summed E-state index contributed by atoms with van der Waals surface area (Å²) >= 11 is 7.91. The van der Waals surface area contributed by atoms with E-state index in [4.69, 9.17) is 11.6 Å². The van der Waals surface area contributed by atoms with Crippen molar-refractivity contribution in [1.82, 2.24) is 19.7 Å². The Morgan fingerprint density at radius 3 is 2.52 bits per heavy atom. The molecule has 1 aliphatic heterocycles. The van der Waals surface area contributed by atoms with Crippen molar-refractivity contribution in [1.29, 1.82) is 0 Å². The maximum atomic E-state index is 12.7. The van der Waals surface area contributed by atoms with Crippen LogP contribution >= 0.6 is 23.4 Å². The second-order valence-corrected chi connectivity index (χ2v) is 8.25. The highest BCUT2D eigenvalue weighted by Gasteiger charge is 2.27. The molecule has 0 radical (unpaired) electrons. The summed E-state index contributed by atoms with van der Waals surface area (Å²) < 4.78 is 1.99. The summed E-state index contributed by atoms with van der Waals surface area (Å²) in [7, 11) is 0. The van der Waals surface area contributed by atoms with Crippen molar-refractivity contribution in [2.24, 2.45) is 0 Å². The van der Waals surface area contributed by atoms with Gasteiger partial charge in [0, 0.05) is 26.2 Å². The van der Waals surface area contributed by atoms with Crippen LogP contribution in [0.4, 0.5) is 5.95 Å². The molecule has 0 N–H and O–H groups in total. The van der Waals surface area contributed by atoms with Crippen molar-refractivity contribution in [3.05, 3.63) is 29.3 Å². The molecular formula is C19H26ClN5OS. The summed E-state index contributed by atoms with van der Waals surface area (Å²) in [5, 5.41) is 9.95. The maximum absolute atomic E-state index is 12.7. The van der Waals surface area contributed by atoms with Crippen LogP contribution in [0.25, 0.3) is 5.69 Å². The van der Waals surface area contributed by atoms with Crippen molar-refractivity contribution in [3.8, 4) is 5.69 Å².